The van der Waals surface area contributed by atoms with Crippen LogP contribution in [0.25, 0.3) is 0 Å². The maximum Gasteiger partial charge on any atom is 0.409 e. The van der Waals surface area contributed by atoms with E-state index < -0.39 is 0 Å². The van der Waals surface area contributed by atoms with E-state index in [1.807, 2.05) is 4.90 Å². The molecule has 4 nitrogen and oxygen atoms in total. The first-order valence-corrected chi connectivity index (χ1v) is 6.83. The van der Waals surface area contributed by atoms with Crippen molar-refractivity contribution in [1.29, 1.82) is 0 Å². The average molecular weight is 238 g/mol. The number of carbonyl (C=O) groups is 1. The summed E-state index contributed by atoms with van der Waals surface area (Å²) in [5, 5.41) is 0. The van der Waals surface area contributed by atoms with E-state index in [9.17, 15) is 4.79 Å². The molecule has 0 spiro atoms. The van der Waals surface area contributed by atoms with E-state index in [0.29, 0.717) is 0 Å². The topological polar surface area (TPSA) is 32.8 Å². The van der Waals surface area contributed by atoms with Crippen molar-refractivity contribution in [2.24, 2.45) is 17.8 Å². The highest BCUT2D eigenvalue weighted by atomic mass is 16.5. The molecular weight excluding hydrogens is 216 g/mol. The second-order valence-electron chi connectivity index (χ2n) is 5.75. The molecule has 2 atom stereocenters. The van der Waals surface area contributed by atoms with Crippen LogP contribution in [-0.2, 0) is 4.74 Å². The zero-order chi connectivity index (χ0) is 11.8. The predicted octanol–water partition coefficient (Wildman–Crippen LogP) is 1.42. The highest BCUT2D eigenvalue weighted by Crippen LogP contribution is 2.54. The first-order chi connectivity index (χ1) is 8.28. The first-order valence-electron chi connectivity index (χ1n) is 6.83. The molecule has 1 heterocycles. The molecule has 3 rings (SSSR count). The largest absolute Gasteiger partial charge is 0.453 e. The summed E-state index contributed by atoms with van der Waals surface area (Å²) in [5.74, 6) is 3.09. The number of nitrogens with zero attached hydrogens (tertiary/aromatic N) is 2. The lowest BCUT2D eigenvalue weighted by Crippen LogP contribution is -2.49. The van der Waals surface area contributed by atoms with E-state index in [1.165, 1.54) is 32.9 Å². The summed E-state index contributed by atoms with van der Waals surface area (Å²) in [6, 6.07) is 0. The van der Waals surface area contributed by atoms with Crippen molar-refractivity contribution in [2.45, 2.75) is 19.3 Å². The van der Waals surface area contributed by atoms with Crippen LogP contribution in [0.1, 0.15) is 19.3 Å². The molecule has 1 amide bonds. The van der Waals surface area contributed by atoms with Crippen LogP contribution in [0.4, 0.5) is 4.79 Å². The van der Waals surface area contributed by atoms with Gasteiger partial charge in [-0.15, -0.1) is 0 Å². The fourth-order valence-electron chi connectivity index (χ4n) is 3.16. The van der Waals surface area contributed by atoms with Crippen LogP contribution >= 0.6 is 0 Å². The predicted molar refractivity (Wildman–Crippen MR) is 64.7 cm³/mol. The van der Waals surface area contributed by atoms with Crippen molar-refractivity contribution in [3.05, 3.63) is 0 Å². The van der Waals surface area contributed by atoms with Crippen LogP contribution in [0, 0.1) is 17.8 Å². The van der Waals surface area contributed by atoms with Gasteiger partial charge in [-0.05, 0) is 37.0 Å². The number of piperazine rings is 1. The zero-order valence-corrected chi connectivity index (χ0v) is 10.6. The fraction of sp³-hybridized carbons (Fsp3) is 0.923. The molecule has 96 valence electrons. The van der Waals surface area contributed by atoms with Gasteiger partial charge in [-0.1, -0.05) is 0 Å². The molecule has 2 unspecified atom stereocenters. The molecule has 0 aromatic carbocycles. The van der Waals surface area contributed by atoms with Gasteiger partial charge < -0.3 is 9.64 Å². The molecule has 0 aromatic heterocycles. The highest BCUT2D eigenvalue weighted by molar-refractivity contribution is 5.67. The molecule has 2 aliphatic carbocycles. The van der Waals surface area contributed by atoms with Crippen molar-refractivity contribution in [2.75, 3.05) is 39.8 Å². The van der Waals surface area contributed by atoms with Crippen molar-refractivity contribution in [3.63, 3.8) is 0 Å². The number of carbonyl (C=O) groups excluding carboxylic acids is 1. The van der Waals surface area contributed by atoms with Crippen LogP contribution < -0.4 is 0 Å². The Kier molecular flexibility index (Phi) is 2.99. The normalized spacial score (nSPS) is 33.6. The number of methoxy groups -OCH3 is 1. The van der Waals surface area contributed by atoms with E-state index in [-0.39, 0.29) is 6.09 Å². The monoisotopic (exact) mass is 238 g/mol. The third-order valence-corrected chi connectivity index (χ3v) is 4.50. The summed E-state index contributed by atoms with van der Waals surface area (Å²) in [4.78, 5) is 15.7. The van der Waals surface area contributed by atoms with E-state index >= 15 is 0 Å². The SMILES string of the molecule is COC(=O)N1CCN(CC2CC2C2CC2)CC1. The lowest BCUT2D eigenvalue weighted by atomic mass is 10.2. The molecule has 0 bridgehead atoms. The summed E-state index contributed by atoms with van der Waals surface area (Å²) in [5.41, 5.74) is 0. The quantitative estimate of drug-likeness (QED) is 0.745. The molecule has 2 saturated carbocycles. The van der Waals surface area contributed by atoms with Gasteiger partial charge in [0, 0.05) is 32.7 Å². The molecule has 4 heteroatoms. The van der Waals surface area contributed by atoms with Crippen LogP contribution in [0.15, 0.2) is 0 Å². The van der Waals surface area contributed by atoms with Crippen LogP contribution in [0.3, 0.4) is 0 Å². The van der Waals surface area contributed by atoms with Gasteiger partial charge in [0.05, 0.1) is 7.11 Å². The Morgan fingerprint density at radius 1 is 1.24 bits per heavy atom. The van der Waals surface area contributed by atoms with Gasteiger partial charge in [0.25, 0.3) is 0 Å². The third-order valence-electron chi connectivity index (χ3n) is 4.50. The molecule has 1 saturated heterocycles. The molecule has 3 aliphatic rings. The van der Waals surface area contributed by atoms with Crippen molar-refractivity contribution in [1.82, 2.24) is 9.80 Å². The van der Waals surface area contributed by atoms with Crippen molar-refractivity contribution in [3.8, 4) is 0 Å². The number of hydrogen-bond donors (Lipinski definition) is 0. The third kappa shape index (κ3) is 2.57. The smallest absolute Gasteiger partial charge is 0.409 e. The molecule has 0 radical (unpaired) electrons. The van der Waals surface area contributed by atoms with Gasteiger partial charge in [0.1, 0.15) is 0 Å². The van der Waals surface area contributed by atoms with Crippen LogP contribution in [0.5, 0.6) is 0 Å². The number of rotatable bonds is 3. The summed E-state index contributed by atoms with van der Waals surface area (Å²) >= 11 is 0. The van der Waals surface area contributed by atoms with Gasteiger partial charge in [0.2, 0.25) is 0 Å². The second kappa shape index (κ2) is 4.48. The lowest BCUT2D eigenvalue weighted by Gasteiger charge is -2.33. The summed E-state index contributed by atoms with van der Waals surface area (Å²) < 4.78 is 4.74. The molecule has 0 aromatic rings. The highest BCUT2D eigenvalue weighted by Gasteiger charge is 2.47. The van der Waals surface area contributed by atoms with Crippen LogP contribution in [0.2, 0.25) is 0 Å². The van der Waals surface area contributed by atoms with Gasteiger partial charge in [-0.25, -0.2) is 4.79 Å². The molecule has 1 aliphatic heterocycles. The molecule has 0 N–H and O–H groups in total. The standard InChI is InChI=1S/C13H22N2O2/c1-17-13(16)15-6-4-14(5-7-15)9-11-8-12(11)10-2-3-10/h10-12H,2-9H2,1H3. The lowest BCUT2D eigenvalue weighted by molar-refractivity contribution is 0.0890. The fourth-order valence-corrected chi connectivity index (χ4v) is 3.16. The first kappa shape index (κ1) is 11.3. The summed E-state index contributed by atoms with van der Waals surface area (Å²) in [6.45, 7) is 4.95. The Balaban J connectivity index is 1.38. The zero-order valence-electron chi connectivity index (χ0n) is 10.6. The van der Waals surface area contributed by atoms with Gasteiger partial charge >= 0.3 is 6.09 Å². The van der Waals surface area contributed by atoms with Gasteiger partial charge in [-0.3, -0.25) is 4.90 Å². The number of hydrogen-bond acceptors (Lipinski definition) is 3. The van der Waals surface area contributed by atoms with E-state index in [4.69, 9.17) is 4.74 Å². The summed E-state index contributed by atoms with van der Waals surface area (Å²) in [6.07, 6.45) is 4.25. The van der Waals surface area contributed by atoms with Crippen LogP contribution in [-0.4, -0.2) is 55.7 Å². The number of amides is 1. The Bertz CT molecular complexity index is 296. The van der Waals surface area contributed by atoms with Gasteiger partial charge in [0.15, 0.2) is 0 Å². The number of ether oxygens (including phenoxy) is 1. The maximum absolute atomic E-state index is 11.3. The Morgan fingerprint density at radius 2 is 1.94 bits per heavy atom. The van der Waals surface area contributed by atoms with Gasteiger partial charge in [-0.2, -0.15) is 0 Å². The minimum atomic E-state index is -0.174. The minimum absolute atomic E-state index is 0.174. The Hall–Kier alpha value is -0.770. The van der Waals surface area contributed by atoms with E-state index in [0.717, 1.165) is 43.9 Å². The minimum Gasteiger partial charge on any atom is -0.453 e. The van der Waals surface area contributed by atoms with E-state index in [2.05, 4.69) is 4.90 Å². The Labute approximate surface area is 103 Å². The van der Waals surface area contributed by atoms with E-state index in [1.54, 1.807) is 0 Å². The molecular formula is C13H22N2O2. The second-order valence-corrected chi connectivity index (χ2v) is 5.75. The van der Waals surface area contributed by atoms with Crippen molar-refractivity contribution >= 4 is 6.09 Å². The molecule has 17 heavy (non-hydrogen) atoms. The van der Waals surface area contributed by atoms with Crippen molar-refractivity contribution < 1.29 is 9.53 Å². The Morgan fingerprint density at radius 3 is 2.53 bits per heavy atom. The molecule has 3 fully saturated rings. The maximum atomic E-state index is 11.3. The summed E-state index contributed by atoms with van der Waals surface area (Å²) in [7, 11) is 1.46. The average Bonchev–Trinajstić information content (AvgIpc) is 3.22.